The number of aromatic nitrogens is 1. The summed E-state index contributed by atoms with van der Waals surface area (Å²) < 4.78 is 11.1. The highest BCUT2D eigenvalue weighted by Crippen LogP contribution is 2.20. The standard InChI is InChI=1S/C17H23N3O2/c1-2-21-15-5-6-17-13(9-15)3-4-14(19-17)11-20-7-8-22-16(10-18)12-20/h3-6,9,16H,2,7-8,10-12,18H2,1H3/t16-/m1/s1. The van der Waals surface area contributed by atoms with Crippen molar-refractivity contribution in [1.82, 2.24) is 9.88 Å². The molecule has 1 aromatic heterocycles. The topological polar surface area (TPSA) is 60.6 Å². The molecule has 1 fully saturated rings. The lowest BCUT2D eigenvalue weighted by Crippen LogP contribution is -2.45. The van der Waals surface area contributed by atoms with Crippen molar-refractivity contribution >= 4 is 10.9 Å². The van der Waals surface area contributed by atoms with Crippen LogP contribution in [0.2, 0.25) is 0 Å². The van der Waals surface area contributed by atoms with Crippen LogP contribution in [-0.2, 0) is 11.3 Å². The maximum Gasteiger partial charge on any atom is 0.120 e. The molecule has 2 heterocycles. The van der Waals surface area contributed by atoms with Gasteiger partial charge >= 0.3 is 0 Å². The fourth-order valence-electron chi connectivity index (χ4n) is 2.79. The molecule has 2 N–H and O–H groups in total. The summed E-state index contributed by atoms with van der Waals surface area (Å²) >= 11 is 0. The largest absolute Gasteiger partial charge is 0.494 e. The van der Waals surface area contributed by atoms with E-state index in [-0.39, 0.29) is 6.10 Å². The normalized spacial score (nSPS) is 19.5. The number of ether oxygens (including phenoxy) is 2. The summed E-state index contributed by atoms with van der Waals surface area (Å²) in [6.45, 7) is 6.62. The molecule has 5 nitrogen and oxygen atoms in total. The van der Waals surface area contributed by atoms with E-state index in [0.29, 0.717) is 13.2 Å². The van der Waals surface area contributed by atoms with Crippen molar-refractivity contribution in [3.05, 3.63) is 36.0 Å². The number of hydrogen-bond donors (Lipinski definition) is 1. The van der Waals surface area contributed by atoms with Crippen molar-refractivity contribution in [3.63, 3.8) is 0 Å². The molecule has 0 bridgehead atoms. The Morgan fingerprint density at radius 3 is 3.09 bits per heavy atom. The SMILES string of the molecule is CCOc1ccc2nc(CN3CCO[C@H](CN)C3)ccc2c1. The molecule has 3 rings (SSSR count). The van der Waals surface area contributed by atoms with Crippen LogP contribution in [-0.4, -0.2) is 48.8 Å². The molecule has 118 valence electrons. The minimum atomic E-state index is 0.142. The number of benzene rings is 1. The molecule has 0 radical (unpaired) electrons. The smallest absolute Gasteiger partial charge is 0.120 e. The number of morpholine rings is 1. The Morgan fingerprint density at radius 2 is 2.27 bits per heavy atom. The summed E-state index contributed by atoms with van der Waals surface area (Å²) in [6, 6.07) is 10.2. The lowest BCUT2D eigenvalue weighted by atomic mass is 10.2. The van der Waals surface area contributed by atoms with Gasteiger partial charge in [-0.15, -0.1) is 0 Å². The molecule has 0 amide bonds. The molecule has 2 aromatic rings. The van der Waals surface area contributed by atoms with Crippen molar-refractivity contribution < 1.29 is 9.47 Å². The van der Waals surface area contributed by atoms with E-state index in [2.05, 4.69) is 17.0 Å². The van der Waals surface area contributed by atoms with Crippen LogP contribution >= 0.6 is 0 Å². The highest BCUT2D eigenvalue weighted by molar-refractivity contribution is 5.80. The summed E-state index contributed by atoms with van der Waals surface area (Å²) in [4.78, 5) is 7.10. The van der Waals surface area contributed by atoms with E-state index in [0.717, 1.165) is 48.6 Å². The van der Waals surface area contributed by atoms with Crippen molar-refractivity contribution in [2.24, 2.45) is 5.73 Å². The van der Waals surface area contributed by atoms with Crippen LogP contribution < -0.4 is 10.5 Å². The predicted molar refractivity (Wildman–Crippen MR) is 87.0 cm³/mol. The average Bonchev–Trinajstić information content (AvgIpc) is 2.55. The van der Waals surface area contributed by atoms with E-state index >= 15 is 0 Å². The van der Waals surface area contributed by atoms with E-state index in [9.17, 15) is 0 Å². The van der Waals surface area contributed by atoms with Crippen LogP contribution in [0.25, 0.3) is 10.9 Å². The predicted octanol–water partition coefficient (Wildman–Crippen LogP) is 1.79. The fourth-order valence-corrected chi connectivity index (χ4v) is 2.79. The first kappa shape index (κ1) is 15.2. The summed E-state index contributed by atoms with van der Waals surface area (Å²) in [5, 5.41) is 1.11. The van der Waals surface area contributed by atoms with Crippen LogP contribution in [0.5, 0.6) is 5.75 Å². The Kier molecular flexibility index (Phi) is 4.87. The van der Waals surface area contributed by atoms with Gasteiger partial charge in [0.15, 0.2) is 0 Å². The van der Waals surface area contributed by atoms with Crippen LogP contribution in [0.3, 0.4) is 0 Å². The number of rotatable bonds is 5. The molecule has 0 aliphatic carbocycles. The van der Waals surface area contributed by atoms with Crippen LogP contribution in [0.15, 0.2) is 30.3 Å². The number of nitrogens with two attached hydrogens (primary N) is 1. The van der Waals surface area contributed by atoms with E-state index in [1.807, 2.05) is 25.1 Å². The van der Waals surface area contributed by atoms with Crippen LogP contribution in [0, 0.1) is 0 Å². The van der Waals surface area contributed by atoms with Gasteiger partial charge in [0.25, 0.3) is 0 Å². The molecule has 1 saturated heterocycles. The summed E-state index contributed by atoms with van der Waals surface area (Å²) in [5.41, 5.74) is 7.78. The van der Waals surface area contributed by atoms with Crippen LogP contribution in [0.4, 0.5) is 0 Å². The van der Waals surface area contributed by atoms with E-state index in [4.69, 9.17) is 20.2 Å². The molecule has 1 atom stereocenters. The van der Waals surface area contributed by atoms with E-state index in [1.165, 1.54) is 0 Å². The Labute approximate surface area is 131 Å². The van der Waals surface area contributed by atoms with Gasteiger partial charge in [-0.1, -0.05) is 6.07 Å². The zero-order valence-corrected chi connectivity index (χ0v) is 13.0. The summed E-state index contributed by atoms with van der Waals surface area (Å²) in [5.74, 6) is 0.892. The Bertz CT molecular complexity index is 632. The van der Waals surface area contributed by atoms with Gasteiger partial charge in [-0.2, -0.15) is 0 Å². The third-order valence-corrected chi connectivity index (χ3v) is 3.90. The second-order valence-corrected chi connectivity index (χ2v) is 5.55. The molecule has 22 heavy (non-hydrogen) atoms. The molecular formula is C17H23N3O2. The van der Waals surface area contributed by atoms with Gasteiger partial charge in [-0.05, 0) is 31.2 Å². The molecule has 0 spiro atoms. The highest BCUT2D eigenvalue weighted by Gasteiger charge is 2.19. The molecule has 0 saturated carbocycles. The maximum atomic E-state index is 5.69. The van der Waals surface area contributed by atoms with Gasteiger partial charge in [0.1, 0.15) is 5.75 Å². The van der Waals surface area contributed by atoms with Crippen molar-refractivity contribution in [2.75, 3.05) is 32.8 Å². The monoisotopic (exact) mass is 301 g/mol. The van der Waals surface area contributed by atoms with Gasteiger partial charge in [-0.3, -0.25) is 9.88 Å². The summed E-state index contributed by atoms with van der Waals surface area (Å²) in [6.07, 6.45) is 0.142. The molecule has 1 aromatic carbocycles. The first-order valence-corrected chi connectivity index (χ1v) is 7.85. The Hall–Kier alpha value is -1.69. The number of hydrogen-bond acceptors (Lipinski definition) is 5. The van der Waals surface area contributed by atoms with Crippen molar-refractivity contribution in [3.8, 4) is 5.75 Å². The molecule has 0 unspecified atom stereocenters. The fraction of sp³-hybridized carbons (Fsp3) is 0.471. The van der Waals surface area contributed by atoms with Gasteiger partial charge in [0, 0.05) is 31.6 Å². The maximum absolute atomic E-state index is 5.69. The lowest BCUT2D eigenvalue weighted by Gasteiger charge is -2.32. The minimum Gasteiger partial charge on any atom is -0.494 e. The number of fused-ring (bicyclic) bond motifs is 1. The zero-order chi connectivity index (χ0) is 15.4. The second kappa shape index (κ2) is 7.05. The molecule has 5 heteroatoms. The third-order valence-electron chi connectivity index (χ3n) is 3.90. The van der Waals surface area contributed by atoms with Crippen LogP contribution in [0.1, 0.15) is 12.6 Å². The Morgan fingerprint density at radius 1 is 1.36 bits per heavy atom. The lowest BCUT2D eigenvalue weighted by molar-refractivity contribution is -0.0263. The Balaban J connectivity index is 1.73. The third kappa shape index (κ3) is 3.55. The number of pyridine rings is 1. The highest BCUT2D eigenvalue weighted by atomic mass is 16.5. The van der Waals surface area contributed by atoms with Gasteiger partial charge in [0.2, 0.25) is 0 Å². The zero-order valence-electron chi connectivity index (χ0n) is 13.0. The average molecular weight is 301 g/mol. The van der Waals surface area contributed by atoms with Gasteiger partial charge < -0.3 is 15.2 Å². The van der Waals surface area contributed by atoms with E-state index < -0.39 is 0 Å². The quantitative estimate of drug-likeness (QED) is 0.912. The first-order chi connectivity index (χ1) is 10.8. The van der Waals surface area contributed by atoms with E-state index in [1.54, 1.807) is 0 Å². The molecular weight excluding hydrogens is 278 g/mol. The number of nitrogens with zero attached hydrogens (tertiary/aromatic N) is 2. The summed E-state index contributed by atoms with van der Waals surface area (Å²) in [7, 11) is 0. The van der Waals surface area contributed by atoms with Crippen molar-refractivity contribution in [2.45, 2.75) is 19.6 Å². The second-order valence-electron chi connectivity index (χ2n) is 5.55. The first-order valence-electron chi connectivity index (χ1n) is 7.85. The van der Waals surface area contributed by atoms with Gasteiger partial charge in [-0.25, -0.2) is 0 Å². The molecule has 1 aliphatic heterocycles. The van der Waals surface area contributed by atoms with Gasteiger partial charge in [0.05, 0.1) is 30.5 Å². The minimum absolute atomic E-state index is 0.142. The van der Waals surface area contributed by atoms with Crippen molar-refractivity contribution in [1.29, 1.82) is 0 Å². The molecule has 1 aliphatic rings.